The third kappa shape index (κ3) is 3.13. The quantitative estimate of drug-likeness (QED) is 0.893. The first-order valence-electron chi connectivity index (χ1n) is 6.08. The van der Waals surface area contributed by atoms with Crippen molar-refractivity contribution in [2.45, 2.75) is 23.8 Å². The Balaban J connectivity index is 2.29. The van der Waals surface area contributed by atoms with Crippen LogP contribution in [0.5, 0.6) is 0 Å². The van der Waals surface area contributed by atoms with Gasteiger partial charge in [-0.15, -0.1) is 0 Å². The van der Waals surface area contributed by atoms with Gasteiger partial charge in [-0.1, -0.05) is 17.7 Å². The summed E-state index contributed by atoms with van der Waals surface area (Å²) in [7, 11) is -1.63. The first-order valence-corrected chi connectivity index (χ1v) is 8.69. The van der Waals surface area contributed by atoms with Crippen molar-refractivity contribution in [3.05, 3.63) is 27.7 Å². The normalized spacial score (nSPS) is 18.7. The Morgan fingerprint density at radius 3 is 2.53 bits per heavy atom. The topological polar surface area (TPSA) is 49.4 Å². The maximum Gasteiger partial charge on any atom is 0.245 e. The van der Waals surface area contributed by atoms with E-state index in [9.17, 15) is 8.42 Å². The van der Waals surface area contributed by atoms with Gasteiger partial charge in [0, 0.05) is 23.6 Å². The maximum atomic E-state index is 12.6. The van der Waals surface area contributed by atoms with Crippen LogP contribution in [-0.4, -0.2) is 38.9 Å². The molecule has 0 bridgehead atoms. The van der Waals surface area contributed by atoms with Gasteiger partial charge in [0.2, 0.25) is 10.0 Å². The number of rotatable bonds is 3. The summed E-state index contributed by atoms with van der Waals surface area (Å²) < 4.78 is 27.2. The molecule has 1 aromatic rings. The Hall–Kier alpha value is -0.140. The van der Waals surface area contributed by atoms with Gasteiger partial charge in [-0.3, -0.25) is 0 Å². The second kappa shape index (κ2) is 6.10. The smallest absolute Gasteiger partial charge is 0.245 e. The third-order valence-electron chi connectivity index (χ3n) is 3.38. The molecule has 0 aliphatic carbocycles. The van der Waals surface area contributed by atoms with E-state index in [2.05, 4.69) is 21.2 Å². The number of nitrogens with one attached hydrogen (secondary N) is 1. The van der Waals surface area contributed by atoms with Crippen molar-refractivity contribution in [2.75, 3.05) is 20.1 Å². The molecule has 1 aliphatic rings. The number of nitrogens with zero attached hydrogens (tertiary/aromatic N) is 1. The van der Waals surface area contributed by atoms with Crippen LogP contribution in [0.2, 0.25) is 5.02 Å². The Bertz CT molecular complexity index is 537. The van der Waals surface area contributed by atoms with Gasteiger partial charge in [-0.2, -0.15) is 4.31 Å². The van der Waals surface area contributed by atoms with Gasteiger partial charge >= 0.3 is 0 Å². The van der Waals surface area contributed by atoms with Crippen LogP contribution in [0.15, 0.2) is 27.6 Å². The fraction of sp³-hybridized carbons (Fsp3) is 0.500. The molecule has 4 nitrogen and oxygen atoms in total. The number of hydrogen-bond acceptors (Lipinski definition) is 3. The molecule has 0 amide bonds. The molecule has 0 unspecified atom stereocenters. The molecule has 1 fully saturated rings. The number of sulfonamides is 1. The lowest BCUT2D eigenvalue weighted by molar-refractivity contribution is 0.298. The van der Waals surface area contributed by atoms with E-state index in [-0.39, 0.29) is 9.92 Å². The van der Waals surface area contributed by atoms with E-state index >= 15 is 0 Å². The largest absolute Gasteiger partial charge is 0.317 e. The SMILES string of the molecule is CNC1CCN(S(=O)(=O)c2c(Cl)cccc2Br)CC1. The minimum absolute atomic E-state index is 0.166. The minimum Gasteiger partial charge on any atom is -0.317 e. The number of halogens is 2. The molecular weight excluding hydrogens is 352 g/mol. The highest BCUT2D eigenvalue weighted by molar-refractivity contribution is 9.10. The molecule has 1 aliphatic heterocycles. The molecule has 1 heterocycles. The standard InChI is InChI=1S/C12H16BrClN2O2S/c1-15-9-5-7-16(8-6-9)19(17,18)12-10(13)3-2-4-11(12)14/h2-4,9,15H,5-8H2,1H3. The Kier molecular flexibility index (Phi) is 4.89. The fourth-order valence-electron chi connectivity index (χ4n) is 2.24. The van der Waals surface area contributed by atoms with Crippen LogP contribution < -0.4 is 5.32 Å². The van der Waals surface area contributed by atoms with Crippen molar-refractivity contribution in [1.29, 1.82) is 0 Å². The Morgan fingerprint density at radius 1 is 1.37 bits per heavy atom. The van der Waals surface area contributed by atoms with Crippen LogP contribution in [0.25, 0.3) is 0 Å². The molecule has 0 atom stereocenters. The molecule has 2 rings (SSSR count). The van der Waals surface area contributed by atoms with Gasteiger partial charge < -0.3 is 5.32 Å². The third-order valence-corrected chi connectivity index (χ3v) is 6.73. The number of hydrogen-bond donors (Lipinski definition) is 1. The highest BCUT2D eigenvalue weighted by atomic mass is 79.9. The van der Waals surface area contributed by atoms with E-state index < -0.39 is 10.0 Å². The van der Waals surface area contributed by atoms with Gasteiger partial charge in [0.05, 0.1) is 5.02 Å². The van der Waals surface area contributed by atoms with Crippen molar-refractivity contribution in [3.63, 3.8) is 0 Å². The van der Waals surface area contributed by atoms with E-state index in [0.717, 1.165) is 12.8 Å². The highest BCUT2D eigenvalue weighted by Crippen LogP contribution is 2.32. The van der Waals surface area contributed by atoms with E-state index in [0.29, 0.717) is 23.6 Å². The summed E-state index contributed by atoms with van der Waals surface area (Å²) in [4.78, 5) is 0.166. The molecule has 0 aromatic heterocycles. The zero-order valence-corrected chi connectivity index (χ0v) is 13.7. The average Bonchev–Trinajstić information content (AvgIpc) is 2.38. The second-order valence-electron chi connectivity index (χ2n) is 4.52. The summed E-state index contributed by atoms with van der Waals surface area (Å²) in [6.07, 6.45) is 1.63. The van der Waals surface area contributed by atoms with Crippen molar-refractivity contribution >= 4 is 37.6 Å². The van der Waals surface area contributed by atoms with Gasteiger partial charge in [0.1, 0.15) is 4.90 Å². The van der Waals surface area contributed by atoms with Gasteiger partial charge in [0.15, 0.2) is 0 Å². The lowest BCUT2D eigenvalue weighted by Gasteiger charge is -2.31. The molecule has 106 valence electrons. The predicted molar refractivity (Wildman–Crippen MR) is 80.0 cm³/mol. The van der Waals surface area contributed by atoms with Crippen LogP contribution in [0.4, 0.5) is 0 Å². The van der Waals surface area contributed by atoms with Crippen LogP contribution >= 0.6 is 27.5 Å². The Labute approximate surface area is 127 Å². The summed E-state index contributed by atoms with van der Waals surface area (Å²) in [6, 6.07) is 5.40. The van der Waals surface area contributed by atoms with Gasteiger partial charge in [-0.25, -0.2) is 8.42 Å². The molecule has 1 saturated heterocycles. The first kappa shape index (κ1) is 15.3. The maximum absolute atomic E-state index is 12.6. The molecule has 0 saturated carbocycles. The molecule has 1 N–H and O–H groups in total. The van der Waals surface area contributed by atoms with E-state index in [1.807, 2.05) is 7.05 Å². The van der Waals surface area contributed by atoms with Crippen LogP contribution in [0.3, 0.4) is 0 Å². The van der Waals surface area contributed by atoms with Gasteiger partial charge in [-0.05, 0) is 48.0 Å². The summed E-state index contributed by atoms with van der Waals surface area (Å²) in [6.45, 7) is 1.04. The number of piperidine rings is 1. The van der Waals surface area contributed by atoms with E-state index in [1.165, 1.54) is 4.31 Å². The van der Waals surface area contributed by atoms with Crippen LogP contribution in [0.1, 0.15) is 12.8 Å². The van der Waals surface area contributed by atoms with Crippen molar-refractivity contribution in [1.82, 2.24) is 9.62 Å². The summed E-state index contributed by atoms with van der Waals surface area (Å²) >= 11 is 9.31. The van der Waals surface area contributed by atoms with Crippen molar-refractivity contribution in [3.8, 4) is 0 Å². The van der Waals surface area contributed by atoms with Gasteiger partial charge in [0.25, 0.3) is 0 Å². The van der Waals surface area contributed by atoms with Crippen molar-refractivity contribution in [2.24, 2.45) is 0 Å². The Morgan fingerprint density at radius 2 is 2.00 bits per heavy atom. The molecule has 0 spiro atoms. The summed E-state index contributed by atoms with van der Waals surface area (Å²) in [5.74, 6) is 0. The molecule has 19 heavy (non-hydrogen) atoms. The monoisotopic (exact) mass is 366 g/mol. The fourth-order valence-corrected chi connectivity index (χ4v) is 5.38. The molecular formula is C12H16BrClN2O2S. The van der Waals surface area contributed by atoms with E-state index in [1.54, 1.807) is 18.2 Å². The van der Waals surface area contributed by atoms with Crippen LogP contribution in [-0.2, 0) is 10.0 Å². The average molecular weight is 368 g/mol. The zero-order valence-electron chi connectivity index (χ0n) is 10.6. The summed E-state index contributed by atoms with van der Waals surface area (Å²) in [5.41, 5.74) is 0. The molecule has 0 radical (unpaired) electrons. The lowest BCUT2D eigenvalue weighted by Crippen LogP contribution is -2.44. The first-order chi connectivity index (χ1) is 8.96. The molecule has 1 aromatic carbocycles. The highest BCUT2D eigenvalue weighted by Gasteiger charge is 2.31. The van der Waals surface area contributed by atoms with E-state index in [4.69, 9.17) is 11.6 Å². The number of benzene rings is 1. The van der Waals surface area contributed by atoms with Crippen molar-refractivity contribution < 1.29 is 8.42 Å². The summed E-state index contributed by atoms with van der Waals surface area (Å²) in [5, 5.41) is 3.44. The lowest BCUT2D eigenvalue weighted by atomic mass is 10.1. The predicted octanol–water partition coefficient (Wildman–Crippen LogP) is 2.48. The minimum atomic E-state index is -3.53. The van der Waals surface area contributed by atoms with Crippen LogP contribution in [0, 0.1) is 0 Å². The second-order valence-corrected chi connectivity index (χ2v) is 7.65. The zero-order chi connectivity index (χ0) is 14.0. The molecule has 7 heteroatoms.